The Morgan fingerprint density at radius 2 is 1.97 bits per heavy atom. The molecule has 12 heteroatoms. The Morgan fingerprint density at radius 1 is 1.16 bits per heavy atom. The number of pyridine rings is 1. The van der Waals surface area contributed by atoms with Gasteiger partial charge in [-0.05, 0) is 38.2 Å². The molecule has 4 aromatic heterocycles. The van der Waals surface area contributed by atoms with Gasteiger partial charge in [-0.3, -0.25) is 0 Å². The molecular formula is C20H24F3N9. The van der Waals surface area contributed by atoms with Crippen LogP contribution in [0.1, 0.15) is 12.8 Å². The highest BCUT2D eigenvalue weighted by molar-refractivity contribution is 5.88. The van der Waals surface area contributed by atoms with E-state index in [1.807, 2.05) is 18.2 Å². The van der Waals surface area contributed by atoms with E-state index in [0.717, 1.165) is 12.1 Å². The van der Waals surface area contributed by atoms with Crippen LogP contribution in [0.4, 0.5) is 24.9 Å². The summed E-state index contributed by atoms with van der Waals surface area (Å²) in [5, 5.41) is 4.09. The zero-order valence-corrected chi connectivity index (χ0v) is 17.5. The fraction of sp³-hybridized carbons (Fsp3) is 0.400. The van der Waals surface area contributed by atoms with Crippen LogP contribution in [0.25, 0.3) is 27.9 Å². The van der Waals surface area contributed by atoms with Crippen molar-refractivity contribution in [1.82, 2.24) is 34.0 Å². The van der Waals surface area contributed by atoms with Crippen molar-refractivity contribution in [3.8, 4) is 11.3 Å². The highest BCUT2D eigenvalue weighted by Crippen LogP contribution is 2.28. The molecule has 5 heterocycles. The van der Waals surface area contributed by atoms with Gasteiger partial charge in [-0.1, -0.05) is 0 Å². The van der Waals surface area contributed by atoms with E-state index < -0.39 is 12.6 Å². The predicted molar refractivity (Wildman–Crippen MR) is 116 cm³/mol. The topological polar surface area (TPSA) is 116 Å². The highest BCUT2D eigenvalue weighted by Gasteiger charge is 2.33. The van der Waals surface area contributed by atoms with E-state index >= 15 is 0 Å². The molecule has 0 aromatic carbocycles. The third kappa shape index (κ3) is 4.44. The number of hydrogen-bond donors (Lipinski definition) is 2. The lowest BCUT2D eigenvalue weighted by molar-refractivity contribution is -0.0571. The third-order valence-electron chi connectivity index (χ3n) is 5.20. The van der Waals surface area contributed by atoms with E-state index in [0.29, 0.717) is 28.8 Å². The number of likely N-dealkylation sites (tertiary alicyclic amines) is 1. The number of piperidine rings is 1. The lowest BCUT2D eigenvalue weighted by atomic mass is 10.1. The molecular weight excluding hydrogens is 423 g/mol. The van der Waals surface area contributed by atoms with E-state index in [-0.39, 0.29) is 31.3 Å². The zero-order valence-electron chi connectivity index (χ0n) is 17.5. The number of imidazole rings is 1. The normalized spacial score (nSPS) is 16.2. The van der Waals surface area contributed by atoms with E-state index in [1.54, 1.807) is 33.6 Å². The van der Waals surface area contributed by atoms with Gasteiger partial charge in [0.25, 0.3) is 5.92 Å². The number of alkyl halides is 3. The van der Waals surface area contributed by atoms with Crippen LogP contribution in [0.2, 0.25) is 0 Å². The number of fused-ring (bicyclic) bond motifs is 2. The monoisotopic (exact) mass is 447 g/mol. The summed E-state index contributed by atoms with van der Waals surface area (Å²) in [6.07, 6.45) is 4.02. The number of nitrogens with two attached hydrogens (primary N) is 2. The Hall–Kier alpha value is -3.41. The summed E-state index contributed by atoms with van der Waals surface area (Å²) in [6, 6.07) is 5.51. The molecule has 1 fully saturated rings. The molecule has 32 heavy (non-hydrogen) atoms. The molecule has 0 saturated carbocycles. The van der Waals surface area contributed by atoms with Crippen molar-refractivity contribution >= 4 is 28.4 Å². The average Bonchev–Trinajstić information content (AvgIpc) is 3.32. The van der Waals surface area contributed by atoms with Crippen LogP contribution in [0, 0.1) is 0 Å². The molecule has 0 radical (unpaired) electrons. The van der Waals surface area contributed by atoms with E-state index in [9.17, 15) is 13.2 Å². The minimum Gasteiger partial charge on any atom is -0.382 e. The smallest absolute Gasteiger partial charge is 0.260 e. The molecule has 4 aromatic rings. The molecule has 170 valence electrons. The molecule has 1 aliphatic rings. The lowest BCUT2D eigenvalue weighted by Crippen LogP contribution is -2.39. The van der Waals surface area contributed by atoms with Crippen LogP contribution in [-0.4, -0.2) is 66.8 Å². The second-order valence-corrected chi connectivity index (χ2v) is 7.74. The third-order valence-corrected chi connectivity index (χ3v) is 5.20. The van der Waals surface area contributed by atoms with Gasteiger partial charge in [0, 0.05) is 18.2 Å². The number of nitrogens with zero attached hydrogens (tertiary/aromatic N) is 7. The zero-order chi connectivity index (χ0) is 22.9. The summed E-state index contributed by atoms with van der Waals surface area (Å²) in [6.45, 7) is 0.487. The number of halogens is 3. The molecule has 0 amide bonds. The molecule has 4 N–H and O–H groups in total. The Morgan fingerprint density at radius 3 is 2.66 bits per heavy atom. The van der Waals surface area contributed by atoms with Crippen molar-refractivity contribution in [3.05, 3.63) is 30.7 Å². The van der Waals surface area contributed by atoms with Gasteiger partial charge in [0.2, 0.25) is 5.95 Å². The second-order valence-electron chi connectivity index (χ2n) is 7.74. The first-order valence-electron chi connectivity index (χ1n) is 10.1. The first-order valence-corrected chi connectivity index (χ1v) is 10.1. The quantitative estimate of drug-likeness (QED) is 0.496. The highest BCUT2D eigenvalue weighted by atomic mass is 19.3. The first-order chi connectivity index (χ1) is 15.3. The fourth-order valence-corrected chi connectivity index (χ4v) is 3.78. The Bertz CT molecular complexity index is 1230. The standard InChI is InChI=1S/C14H13FN8.C6H11F2N/c15-4-6-22-7-18-10-2-1-9(19-13(10)22)8-3-5-23-11(8)12(16)20-14(17)21-23;1-9-4-2-3-6(7,8)5-9/h1-3,5,7H,4,6H2,(H4,16,17,20,21);2-5H2,1H3. The Labute approximate surface area is 181 Å². The summed E-state index contributed by atoms with van der Waals surface area (Å²) >= 11 is 0. The van der Waals surface area contributed by atoms with Crippen LogP contribution < -0.4 is 11.5 Å². The number of rotatable bonds is 3. The van der Waals surface area contributed by atoms with Crippen LogP contribution in [-0.2, 0) is 6.54 Å². The number of aromatic nitrogens is 6. The average molecular weight is 447 g/mol. The van der Waals surface area contributed by atoms with Crippen molar-refractivity contribution in [3.63, 3.8) is 0 Å². The van der Waals surface area contributed by atoms with Gasteiger partial charge in [-0.25, -0.2) is 27.7 Å². The fourth-order valence-electron chi connectivity index (χ4n) is 3.78. The molecule has 0 aliphatic carbocycles. The summed E-state index contributed by atoms with van der Waals surface area (Å²) < 4.78 is 40.7. The minimum atomic E-state index is -2.42. The first kappa shape index (κ1) is 21.8. The number of nitrogen functional groups attached to an aromatic ring is 2. The van der Waals surface area contributed by atoms with Crippen molar-refractivity contribution in [2.75, 3.05) is 38.3 Å². The number of aryl methyl sites for hydroxylation is 1. The SMILES string of the molecule is CN1CCCC(F)(F)C1.Nc1nc(N)c2c(-c3ccc4ncn(CCF)c4n3)ccn2n1. The predicted octanol–water partition coefficient (Wildman–Crippen LogP) is 2.62. The van der Waals surface area contributed by atoms with Gasteiger partial charge < -0.3 is 20.9 Å². The van der Waals surface area contributed by atoms with Gasteiger partial charge in [0.15, 0.2) is 11.5 Å². The molecule has 0 atom stereocenters. The van der Waals surface area contributed by atoms with E-state index in [4.69, 9.17) is 11.5 Å². The van der Waals surface area contributed by atoms with Gasteiger partial charge in [-0.2, -0.15) is 4.98 Å². The number of anilines is 2. The maximum Gasteiger partial charge on any atom is 0.260 e. The summed E-state index contributed by atoms with van der Waals surface area (Å²) in [4.78, 5) is 14.5. The van der Waals surface area contributed by atoms with E-state index in [2.05, 4.69) is 20.1 Å². The van der Waals surface area contributed by atoms with Crippen LogP contribution in [0.15, 0.2) is 30.7 Å². The largest absolute Gasteiger partial charge is 0.382 e. The lowest BCUT2D eigenvalue weighted by Gasteiger charge is -2.28. The maximum absolute atomic E-state index is 12.6. The summed E-state index contributed by atoms with van der Waals surface area (Å²) in [7, 11) is 1.73. The molecule has 0 bridgehead atoms. The molecule has 5 rings (SSSR count). The molecule has 9 nitrogen and oxygen atoms in total. The van der Waals surface area contributed by atoms with Crippen molar-refractivity contribution in [2.45, 2.75) is 25.3 Å². The molecule has 0 unspecified atom stereocenters. The van der Waals surface area contributed by atoms with Crippen molar-refractivity contribution in [2.24, 2.45) is 0 Å². The van der Waals surface area contributed by atoms with E-state index in [1.165, 1.54) is 0 Å². The molecule has 1 aliphatic heterocycles. The van der Waals surface area contributed by atoms with Gasteiger partial charge in [-0.15, -0.1) is 5.10 Å². The number of hydrogen-bond acceptors (Lipinski definition) is 7. The second kappa shape index (κ2) is 8.61. The molecule has 0 spiro atoms. The van der Waals surface area contributed by atoms with Crippen molar-refractivity contribution < 1.29 is 13.2 Å². The van der Waals surface area contributed by atoms with Gasteiger partial charge >= 0.3 is 0 Å². The van der Waals surface area contributed by atoms with Gasteiger partial charge in [0.05, 0.1) is 25.1 Å². The maximum atomic E-state index is 12.6. The van der Waals surface area contributed by atoms with Crippen LogP contribution in [0.3, 0.4) is 0 Å². The Kier molecular flexibility index (Phi) is 5.87. The van der Waals surface area contributed by atoms with Gasteiger partial charge in [0.1, 0.15) is 17.7 Å². The summed E-state index contributed by atoms with van der Waals surface area (Å²) in [5.41, 5.74) is 15.0. The van der Waals surface area contributed by atoms with Crippen LogP contribution in [0.5, 0.6) is 0 Å². The Balaban J connectivity index is 0.000000230. The molecule has 1 saturated heterocycles. The van der Waals surface area contributed by atoms with Crippen molar-refractivity contribution in [1.29, 1.82) is 0 Å². The minimum absolute atomic E-state index is 0.0625. The van der Waals surface area contributed by atoms with Crippen LogP contribution >= 0.6 is 0 Å². The summed E-state index contributed by atoms with van der Waals surface area (Å²) in [5.74, 6) is -2.05.